The SMILES string of the molecule is CC(C)[C@H](NC(=O)[C@H](CO)NC(=O)[C@H](CCCNC(=N)N)NC(=O)[C@H](C)NC(=O)[C@H](CCCNC(=N)N)NC(=O)[C@H](CCCNC(=N)N)NC(=O)[C@H](Cc1c[nH]cn1)NC(=O)[C@H](CO)NC(=O)[C@H](CCCCN)NC(=O)[C@@H](NC(=O)[C@H](CCC(N)=O)NC(=O)[C@@H](NC(=O)[C@H](CCC(N)=O)NC(=O)[C@H](Cc1ccc(O)cc1)NC(=O)[C@@H](N)CO)[C@@H](C)O)[C@@H](C)O)C(=O)N[C@@H](C)C(=O)N[C@@H](CO)C(=O)N[C@@H](CCC(N)=O)C(N)=O. The van der Waals surface area contributed by atoms with Crippen molar-refractivity contribution in [1.82, 2.24) is 116 Å². The van der Waals surface area contributed by atoms with Gasteiger partial charge in [-0.3, -0.25) is 117 Å². The summed E-state index contributed by atoms with van der Waals surface area (Å²) in [5, 5.41) is 143. The lowest BCUT2D eigenvalue weighted by molar-refractivity contribution is -0.138. The Labute approximate surface area is 843 Å². The molecular weight excluding hydrogens is 1950 g/mol. The van der Waals surface area contributed by atoms with E-state index in [1.54, 1.807) is 0 Å². The van der Waals surface area contributed by atoms with Crippen molar-refractivity contribution >= 4 is 142 Å². The molecular formula is C85H144N34O28. The number of nitrogens with zero attached hydrogens (tertiary/aromatic N) is 1. The second-order valence-electron chi connectivity index (χ2n) is 34.5. The van der Waals surface area contributed by atoms with Gasteiger partial charge in [-0.1, -0.05) is 26.0 Å². The molecule has 1 aromatic heterocycles. The van der Waals surface area contributed by atoms with Gasteiger partial charge in [-0.25, -0.2) is 4.98 Å². The number of nitrogens with one attached hydrogen (secondary N) is 24. The Bertz CT molecular complexity index is 4790. The Morgan fingerprint density at radius 1 is 0.333 bits per heavy atom. The Balaban J connectivity index is 2.56. The lowest BCUT2D eigenvalue weighted by atomic mass is 10.0. The van der Waals surface area contributed by atoms with Gasteiger partial charge in [0.2, 0.25) is 124 Å². The predicted molar refractivity (Wildman–Crippen MR) is 518 cm³/mol. The zero-order valence-electron chi connectivity index (χ0n) is 82.1. The number of carbonyl (C=O) groups is 21. The third-order valence-corrected chi connectivity index (χ3v) is 21.9. The first kappa shape index (κ1) is 128. The fourth-order valence-electron chi connectivity index (χ4n) is 13.6. The number of aromatic amines is 1. The summed E-state index contributed by atoms with van der Waals surface area (Å²) in [7, 11) is 0. The van der Waals surface area contributed by atoms with Gasteiger partial charge in [0.05, 0.1) is 50.7 Å². The fourth-order valence-corrected chi connectivity index (χ4v) is 13.6. The van der Waals surface area contributed by atoms with Gasteiger partial charge in [-0.05, 0) is 135 Å². The quantitative estimate of drug-likeness (QED) is 0.0166. The molecule has 20 atom stereocenters. The summed E-state index contributed by atoms with van der Waals surface area (Å²) in [6.45, 7) is 2.65. The molecule has 49 N–H and O–H groups in total. The highest BCUT2D eigenvalue weighted by atomic mass is 16.3. The zero-order chi connectivity index (χ0) is 111. The predicted octanol–water partition coefficient (Wildman–Crippen LogP) is -17.9. The number of hydrogen-bond acceptors (Lipinski definition) is 34. The number of amides is 21. The van der Waals surface area contributed by atoms with Gasteiger partial charge in [-0.2, -0.15) is 0 Å². The number of aliphatic hydroxyl groups is 6. The van der Waals surface area contributed by atoms with Crippen LogP contribution in [0.1, 0.15) is 149 Å². The molecule has 0 fully saturated rings. The number of guanidine groups is 3. The van der Waals surface area contributed by atoms with Crippen molar-refractivity contribution in [3.63, 3.8) is 0 Å². The number of nitrogens with two attached hydrogens (primary N) is 9. The summed E-state index contributed by atoms with van der Waals surface area (Å²) in [4.78, 5) is 294. The molecule has 62 nitrogen and oxygen atoms in total. The van der Waals surface area contributed by atoms with Gasteiger partial charge in [0.15, 0.2) is 17.9 Å². The standard InChI is InChI=1S/C85H144N34O28/c1-38(2)62(80(145)104-40(4)67(132)114-56(34-121)77(142)105-47(65(91)130)20-23-59(88)127)117-79(144)58(36-123)116-72(137)50(14-10-28-100-84(94)95)106-66(131)39(3)103-69(134)49(13-9-27-99-83(92)93)107-70(135)51(15-11-29-101-85(96)97)108-76(141)55(31-44-32-98-37-102-44)113-78(143)57(35-122)115-71(136)48(12-7-8-26-86)110-81(146)63(41(5)124)119-74(139)53(22-25-61(90)129)111-82(147)64(42(6)125)118-73(138)52(21-24-60(89)128)109-75(140)54(112-68(133)46(87)33-120)30-43-16-18-45(126)19-17-43/h16-19,32,37-42,46-58,62-64,120-126H,7-15,20-31,33-36,86-87H2,1-6H3,(H2,88,127)(H2,89,128)(H2,90,129)(H2,91,130)(H,98,102)(H,103,134)(H,104,145)(H,105,142)(H,106,131)(H,107,135)(H,108,141)(H,109,140)(H,110,146)(H,111,147)(H,112,133)(H,113,143)(H,114,132)(H,115,136)(H,116,137)(H,117,144)(H,118,138)(H,119,139)(H4,92,93,99)(H4,94,95,100)(H4,96,97,101)/t39-,40-,41+,42+,46-,47-,48-,49-,50-,51-,52-,53-,54-,55-,56-,57-,58-,62-,63-,64-/m0/s1. The van der Waals surface area contributed by atoms with Crippen LogP contribution in [0.4, 0.5) is 0 Å². The summed E-state index contributed by atoms with van der Waals surface area (Å²) in [5.41, 5.74) is 49.7. The fraction of sp³-hybridized carbons (Fsp3) is 0.612. The van der Waals surface area contributed by atoms with Crippen LogP contribution in [-0.4, -0.2) is 361 Å². The topological polar surface area (TPSA) is 1080 Å². The van der Waals surface area contributed by atoms with Crippen LogP contribution in [0.3, 0.4) is 0 Å². The highest BCUT2D eigenvalue weighted by Gasteiger charge is 2.41. The van der Waals surface area contributed by atoms with Gasteiger partial charge in [-0.15, -0.1) is 0 Å². The molecule has 822 valence electrons. The molecule has 0 aliphatic rings. The van der Waals surface area contributed by atoms with Crippen LogP contribution in [0.2, 0.25) is 0 Å². The van der Waals surface area contributed by atoms with E-state index in [2.05, 4.69) is 116 Å². The molecule has 2 rings (SSSR count). The number of unbranched alkanes of at least 4 members (excludes halogenated alkanes) is 1. The highest BCUT2D eigenvalue weighted by Crippen LogP contribution is 2.16. The van der Waals surface area contributed by atoms with Crippen molar-refractivity contribution < 1.29 is 136 Å². The largest absolute Gasteiger partial charge is 0.508 e. The normalized spacial score (nSPS) is 15.1. The number of phenols is 1. The average Bonchev–Trinajstić information content (AvgIpc) is 1.42. The maximum atomic E-state index is 14.9. The van der Waals surface area contributed by atoms with E-state index in [0.717, 1.165) is 27.7 Å². The maximum absolute atomic E-state index is 14.9. The summed E-state index contributed by atoms with van der Waals surface area (Å²) >= 11 is 0. The van der Waals surface area contributed by atoms with Crippen molar-refractivity contribution in [3.8, 4) is 5.75 Å². The third kappa shape index (κ3) is 48.7. The van der Waals surface area contributed by atoms with E-state index in [9.17, 15) is 136 Å². The van der Waals surface area contributed by atoms with Crippen molar-refractivity contribution in [1.29, 1.82) is 16.2 Å². The van der Waals surface area contributed by atoms with E-state index in [-0.39, 0.29) is 115 Å². The molecule has 62 heteroatoms. The van der Waals surface area contributed by atoms with Crippen LogP contribution in [0.25, 0.3) is 0 Å². The molecule has 21 amide bonds. The van der Waals surface area contributed by atoms with Gasteiger partial charge >= 0.3 is 0 Å². The molecule has 0 saturated carbocycles. The molecule has 1 heterocycles. The molecule has 147 heavy (non-hydrogen) atoms. The van der Waals surface area contributed by atoms with E-state index in [1.807, 2.05) is 0 Å². The molecule has 1 aromatic carbocycles. The number of benzene rings is 1. The number of primary amides is 4. The minimum atomic E-state index is -2.09. The number of aromatic hydroxyl groups is 1. The third-order valence-electron chi connectivity index (χ3n) is 21.9. The van der Waals surface area contributed by atoms with Crippen LogP contribution in [0, 0.1) is 22.1 Å². The molecule has 0 unspecified atom stereocenters. The summed E-state index contributed by atoms with van der Waals surface area (Å²) in [6, 6.07) is -26.1. The Morgan fingerprint density at radius 3 is 0.966 bits per heavy atom. The summed E-state index contributed by atoms with van der Waals surface area (Å²) in [5.74, 6) is -26.4. The van der Waals surface area contributed by atoms with E-state index in [4.69, 9.17) is 67.8 Å². The highest BCUT2D eigenvalue weighted by molar-refractivity contribution is 6.02. The molecule has 2 aromatic rings. The minimum absolute atomic E-state index is 0.0191. The second-order valence-corrected chi connectivity index (χ2v) is 34.5. The van der Waals surface area contributed by atoms with Crippen LogP contribution < -0.4 is 158 Å². The van der Waals surface area contributed by atoms with Gasteiger partial charge in [0.25, 0.3) is 0 Å². The van der Waals surface area contributed by atoms with Gasteiger partial charge in [0.1, 0.15) is 115 Å². The van der Waals surface area contributed by atoms with Crippen LogP contribution in [-0.2, 0) is 114 Å². The first-order valence-corrected chi connectivity index (χ1v) is 46.7. The van der Waals surface area contributed by atoms with Crippen LogP contribution in [0.5, 0.6) is 5.75 Å². The lowest BCUT2D eigenvalue weighted by Crippen LogP contribution is -2.63. The first-order valence-electron chi connectivity index (χ1n) is 46.7. The summed E-state index contributed by atoms with van der Waals surface area (Å²) < 4.78 is 0. The number of aliphatic hydroxyl groups excluding tert-OH is 6. The zero-order valence-corrected chi connectivity index (χ0v) is 82.1. The Hall–Kier alpha value is -15.4. The van der Waals surface area contributed by atoms with Crippen molar-refractivity contribution in [3.05, 3.63) is 48.0 Å². The molecule has 0 aliphatic heterocycles. The van der Waals surface area contributed by atoms with Crippen molar-refractivity contribution in [2.45, 2.75) is 272 Å². The van der Waals surface area contributed by atoms with E-state index >= 15 is 0 Å². The van der Waals surface area contributed by atoms with Crippen LogP contribution in [0.15, 0.2) is 36.8 Å². The average molecular weight is 2090 g/mol. The number of imidazole rings is 1. The van der Waals surface area contributed by atoms with E-state index in [0.29, 0.717) is 5.56 Å². The van der Waals surface area contributed by atoms with Crippen molar-refractivity contribution in [2.75, 3.05) is 52.6 Å². The molecule has 0 saturated heterocycles. The number of rotatable bonds is 71. The number of hydrogen-bond donors (Lipinski definition) is 40. The molecule has 0 aliphatic carbocycles. The Kier molecular flexibility index (Phi) is 57.8. The number of carbonyl (C=O) groups excluding carboxylic acids is 21. The second kappa shape index (κ2) is 66.5. The summed E-state index contributed by atoms with van der Waals surface area (Å²) in [6.07, 6.45) is -6.67. The van der Waals surface area contributed by atoms with E-state index < -0.39 is 327 Å². The minimum Gasteiger partial charge on any atom is -0.508 e. The van der Waals surface area contributed by atoms with E-state index in [1.165, 1.54) is 50.6 Å². The smallest absolute Gasteiger partial charge is 0.245 e. The Morgan fingerprint density at radius 2 is 0.619 bits per heavy atom. The number of phenolic OH excluding ortho intramolecular Hbond substituents is 1. The first-order chi connectivity index (χ1) is 69.1. The van der Waals surface area contributed by atoms with Gasteiger partial charge in [0, 0.05) is 57.9 Å². The number of H-pyrrole nitrogens is 1. The lowest BCUT2D eigenvalue weighted by Gasteiger charge is -2.29. The molecule has 0 bridgehead atoms. The number of aromatic nitrogens is 2. The van der Waals surface area contributed by atoms with Crippen molar-refractivity contribution in [2.24, 2.45) is 57.5 Å². The maximum Gasteiger partial charge on any atom is 0.245 e. The van der Waals surface area contributed by atoms with Gasteiger partial charge < -0.3 is 199 Å². The van der Waals surface area contributed by atoms with Crippen LogP contribution >= 0.6 is 0 Å². The molecule has 0 radical (unpaired) electrons. The monoisotopic (exact) mass is 2090 g/mol. The molecule has 0 spiro atoms.